The van der Waals surface area contributed by atoms with Gasteiger partial charge in [0.1, 0.15) is 10.7 Å². The molecule has 116 valence electrons. The van der Waals surface area contributed by atoms with Crippen molar-refractivity contribution in [1.29, 1.82) is 0 Å². The highest BCUT2D eigenvalue weighted by atomic mass is 35.5. The van der Waals surface area contributed by atoms with Gasteiger partial charge in [-0.25, -0.2) is 5.10 Å². The zero-order valence-electron chi connectivity index (χ0n) is 12.1. The molecule has 0 spiro atoms. The molecule has 0 aliphatic heterocycles. The summed E-state index contributed by atoms with van der Waals surface area (Å²) >= 11 is 5.82. The summed E-state index contributed by atoms with van der Waals surface area (Å²) < 4.78 is 10.7. The maximum atomic E-state index is 11.3. The van der Waals surface area contributed by atoms with Crippen molar-refractivity contribution in [3.63, 3.8) is 0 Å². The number of hydrogen-bond donors (Lipinski definition) is 2. The van der Waals surface area contributed by atoms with Gasteiger partial charge in [0.05, 0.1) is 26.1 Å². The fourth-order valence-corrected chi connectivity index (χ4v) is 1.81. The summed E-state index contributed by atoms with van der Waals surface area (Å²) in [5, 5.41) is 9.87. The van der Waals surface area contributed by atoms with Gasteiger partial charge >= 0.3 is 0 Å². The monoisotopic (exact) mass is 322 g/mol. The minimum absolute atomic E-state index is 0.00331. The zero-order valence-corrected chi connectivity index (χ0v) is 12.8. The molecule has 0 aliphatic carbocycles. The quantitative estimate of drug-likeness (QED) is 0.629. The number of halogens is 1. The summed E-state index contributed by atoms with van der Waals surface area (Å²) in [6, 6.07) is 5.41. The molecule has 1 aromatic carbocycles. The molecule has 1 heterocycles. The van der Waals surface area contributed by atoms with Crippen LogP contribution in [0.4, 0.5) is 5.69 Å². The Bertz CT molecular complexity index is 730. The van der Waals surface area contributed by atoms with Crippen LogP contribution in [-0.4, -0.2) is 30.1 Å². The summed E-state index contributed by atoms with van der Waals surface area (Å²) in [7, 11) is 1.57. The lowest BCUT2D eigenvalue weighted by Crippen LogP contribution is -2.10. The molecule has 7 nitrogen and oxygen atoms in total. The van der Waals surface area contributed by atoms with Gasteiger partial charge in [-0.2, -0.15) is 10.2 Å². The van der Waals surface area contributed by atoms with E-state index in [1.54, 1.807) is 25.5 Å². The van der Waals surface area contributed by atoms with Crippen molar-refractivity contribution in [3.05, 3.63) is 45.3 Å². The molecule has 8 heteroatoms. The molecule has 0 aliphatic rings. The Hall–Kier alpha value is -2.54. The van der Waals surface area contributed by atoms with E-state index in [9.17, 15) is 4.79 Å². The highest BCUT2D eigenvalue weighted by Gasteiger charge is 2.05. The number of rotatable bonds is 6. The molecule has 22 heavy (non-hydrogen) atoms. The number of anilines is 1. The van der Waals surface area contributed by atoms with Crippen LogP contribution >= 0.6 is 11.6 Å². The van der Waals surface area contributed by atoms with Crippen molar-refractivity contribution in [2.24, 2.45) is 5.10 Å². The van der Waals surface area contributed by atoms with E-state index in [-0.39, 0.29) is 5.02 Å². The average Bonchev–Trinajstić information content (AvgIpc) is 2.53. The second kappa shape index (κ2) is 7.46. The van der Waals surface area contributed by atoms with Crippen molar-refractivity contribution < 1.29 is 9.47 Å². The minimum atomic E-state index is -0.482. The second-order valence-electron chi connectivity index (χ2n) is 4.14. The fourth-order valence-electron chi connectivity index (χ4n) is 1.68. The molecule has 1 aromatic heterocycles. The lowest BCUT2D eigenvalue weighted by molar-refractivity contribution is 0.311. The van der Waals surface area contributed by atoms with Gasteiger partial charge in [-0.15, -0.1) is 0 Å². The van der Waals surface area contributed by atoms with Crippen LogP contribution in [0.5, 0.6) is 11.5 Å². The molecule has 0 unspecified atom stereocenters. The van der Waals surface area contributed by atoms with Gasteiger partial charge in [-0.05, 0) is 30.7 Å². The van der Waals surface area contributed by atoms with Crippen molar-refractivity contribution in [1.82, 2.24) is 10.2 Å². The summed E-state index contributed by atoms with van der Waals surface area (Å²) in [5.74, 6) is 1.28. The molecule has 2 N–H and O–H groups in total. The number of nitrogens with zero attached hydrogens (tertiary/aromatic N) is 2. The van der Waals surface area contributed by atoms with Gasteiger partial charge in [0.25, 0.3) is 5.56 Å². The molecule has 0 saturated heterocycles. The van der Waals surface area contributed by atoms with Crippen LogP contribution in [0.15, 0.2) is 34.3 Å². The first-order chi connectivity index (χ1) is 10.7. The molecule has 0 atom stereocenters. The van der Waals surface area contributed by atoms with Crippen molar-refractivity contribution >= 4 is 23.5 Å². The maximum Gasteiger partial charge on any atom is 0.285 e. The van der Waals surface area contributed by atoms with Crippen molar-refractivity contribution in [2.45, 2.75) is 6.92 Å². The van der Waals surface area contributed by atoms with Crippen LogP contribution in [0.2, 0.25) is 5.02 Å². The summed E-state index contributed by atoms with van der Waals surface area (Å²) in [6.45, 7) is 2.46. The number of aromatic nitrogens is 2. The normalized spacial score (nSPS) is 10.7. The zero-order chi connectivity index (χ0) is 15.9. The molecule has 0 saturated carbocycles. The summed E-state index contributed by atoms with van der Waals surface area (Å²) in [6.07, 6.45) is 2.94. The molecular weight excluding hydrogens is 308 g/mol. The number of hydrazone groups is 1. The molecule has 0 bridgehead atoms. The topological polar surface area (TPSA) is 88.6 Å². The van der Waals surface area contributed by atoms with Gasteiger partial charge in [0.2, 0.25) is 0 Å². The van der Waals surface area contributed by atoms with Crippen LogP contribution in [0.3, 0.4) is 0 Å². The highest BCUT2D eigenvalue weighted by Crippen LogP contribution is 2.27. The Morgan fingerprint density at radius 3 is 3.00 bits per heavy atom. The van der Waals surface area contributed by atoms with Crippen LogP contribution < -0.4 is 20.5 Å². The van der Waals surface area contributed by atoms with Crippen LogP contribution in [0, 0.1) is 0 Å². The molecule has 0 fully saturated rings. The van der Waals surface area contributed by atoms with Crippen LogP contribution in [0.25, 0.3) is 0 Å². The Balaban J connectivity index is 2.13. The Kier molecular flexibility index (Phi) is 5.37. The molecule has 0 amide bonds. The van der Waals surface area contributed by atoms with E-state index in [1.807, 2.05) is 13.0 Å². The SMILES string of the molecule is CCOc1ccc(C=NNc2cn[nH]c(=O)c2Cl)cc1OC. The minimum Gasteiger partial charge on any atom is -0.493 e. The lowest BCUT2D eigenvalue weighted by atomic mass is 10.2. The fraction of sp³-hybridized carbons (Fsp3) is 0.214. The largest absolute Gasteiger partial charge is 0.493 e. The maximum absolute atomic E-state index is 11.3. The van der Waals surface area contributed by atoms with Gasteiger partial charge in [0, 0.05) is 0 Å². The third kappa shape index (κ3) is 3.76. The smallest absolute Gasteiger partial charge is 0.285 e. The van der Waals surface area contributed by atoms with Gasteiger partial charge in [-0.3, -0.25) is 10.2 Å². The van der Waals surface area contributed by atoms with E-state index in [2.05, 4.69) is 20.7 Å². The highest BCUT2D eigenvalue weighted by molar-refractivity contribution is 6.32. The van der Waals surface area contributed by atoms with E-state index >= 15 is 0 Å². The van der Waals surface area contributed by atoms with Crippen molar-refractivity contribution in [3.8, 4) is 11.5 Å². The standard InChI is InChI=1S/C14H15ClN4O3/c1-3-22-11-5-4-9(6-12(11)21-2)7-16-18-10-8-17-19-14(20)13(10)15/h4-8H,3H2,1-2H3,(H2,18,19,20). The van der Waals surface area contributed by atoms with Gasteiger partial charge in [-0.1, -0.05) is 11.6 Å². The number of benzene rings is 1. The number of aromatic amines is 1. The third-order valence-corrected chi connectivity index (χ3v) is 3.06. The van der Waals surface area contributed by atoms with Gasteiger partial charge < -0.3 is 9.47 Å². The van der Waals surface area contributed by atoms with Crippen LogP contribution in [-0.2, 0) is 0 Å². The first-order valence-electron chi connectivity index (χ1n) is 6.48. The van der Waals surface area contributed by atoms with E-state index < -0.39 is 5.56 Å². The predicted octanol–water partition coefficient (Wildman–Crippen LogP) is 2.28. The number of ether oxygens (including phenoxy) is 2. The Morgan fingerprint density at radius 2 is 2.27 bits per heavy atom. The Morgan fingerprint density at radius 1 is 1.45 bits per heavy atom. The van der Waals surface area contributed by atoms with E-state index in [0.29, 0.717) is 23.8 Å². The molecular formula is C14H15ClN4O3. The second-order valence-corrected chi connectivity index (χ2v) is 4.52. The average molecular weight is 323 g/mol. The predicted molar refractivity (Wildman–Crippen MR) is 85.2 cm³/mol. The van der Waals surface area contributed by atoms with Crippen LogP contribution in [0.1, 0.15) is 12.5 Å². The van der Waals surface area contributed by atoms with Gasteiger partial charge in [0.15, 0.2) is 11.5 Å². The molecule has 2 rings (SSSR count). The number of hydrogen-bond acceptors (Lipinski definition) is 6. The first-order valence-corrected chi connectivity index (χ1v) is 6.86. The summed E-state index contributed by atoms with van der Waals surface area (Å²) in [5.41, 5.74) is 3.29. The number of nitrogens with one attached hydrogen (secondary N) is 2. The molecule has 2 aromatic rings. The third-order valence-electron chi connectivity index (χ3n) is 2.68. The summed E-state index contributed by atoms with van der Waals surface area (Å²) in [4.78, 5) is 11.3. The Labute approximate surface area is 131 Å². The van der Waals surface area contributed by atoms with E-state index in [1.165, 1.54) is 6.20 Å². The number of methoxy groups -OCH3 is 1. The molecule has 0 radical (unpaired) electrons. The van der Waals surface area contributed by atoms with E-state index in [4.69, 9.17) is 21.1 Å². The number of H-pyrrole nitrogens is 1. The van der Waals surface area contributed by atoms with E-state index in [0.717, 1.165) is 5.56 Å². The lowest BCUT2D eigenvalue weighted by Gasteiger charge is -2.09. The van der Waals surface area contributed by atoms with Crippen molar-refractivity contribution in [2.75, 3.05) is 19.1 Å². The first kappa shape index (κ1) is 15.8.